The Morgan fingerprint density at radius 2 is 1.76 bits per heavy atom. The van der Waals surface area contributed by atoms with Gasteiger partial charge in [-0.2, -0.15) is 0 Å². The highest BCUT2D eigenvalue weighted by Gasteiger charge is 2.20. The van der Waals surface area contributed by atoms with Gasteiger partial charge in [0.05, 0.1) is 4.90 Å². The third-order valence-electron chi connectivity index (χ3n) is 3.99. The van der Waals surface area contributed by atoms with Crippen LogP contribution >= 0.6 is 0 Å². The van der Waals surface area contributed by atoms with Gasteiger partial charge in [0.15, 0.2) is 0 Å². The molecule has 0 aliphatic rings. The van der Waals surface area contributed by atoms with Crippen molar-refractivity contribution in [1.29, 1.82) is 0 Å². The van der Waals surface area contributed by atoms with Crippen molar-refractivity contribution in [3.63, 3.8) is 0 Å². The van der Waals surface area contributed by atoms with E-state index in [1.54, 1.807) is 24.0 Å². The van der Waals surface area contributed by atoms with Crippen molar-refractivity contribution in [2.75, 3.05) is 11.4 Å². The fourth-order valence-electron chi connectivity index (χ4n) is 2.42. The molecule has 5 nitrogen and oxygen atoms in total. The zero-order valence-electron chi connectivity index (χ0n) is 14.8. The van der Waals surface area contributed by atoms with Gasteiger partial charge in [0.2, 0.25) is 10.0 Å². The third-order valence-corrected chi connectivity index (χ3v) is 5.58. The maximum Gasteiger partial charge on any atom is 0.258 e. The van der Waals surface area contributed by atoms with Crippen LogP contribution in [0, 0.1) is 0 Å². The summed E-state index contributed by atoms with van der Waals surface area (Å²) in [5.74, 6) is -0.228. The van der Waals surface area contributed by atoms with Crippen LogP contribution in [-0.4, -0.2) is 26.9 Å². The second-order valence-electron chi connectivity index (χ2n) is 5.84. The van der Waals surface area contributed by atoms with Crippen molar-refractivity contribution in [2.45, 2.75) is 38.1 Å². The fourth-order valence-corrected chi connectivity index (χ4v) is 3.79. The van der Waals surface area contributed by atoms with E-state index >= 15 is 0 Å². The molecular formula is C19H24N2O3S. The molecule has 134 valence electrons. The predicted octanol–water partition coefficient (Wildman–Crippen LogP) is 3.43. The predicted molar refractivity (Wildman–Crippen MR) is 100 cm³/mol. The lowest BCUT2D eigenvalue weighted by molar-refractivity contribution is 0.0988. The van der Waals surface area contributed by atoms with Gasteiger partial charge in [0.25, 0.3) is 5.91 Å². The first-order chi connectivity index (χ1) is 11.9. The van der Waals surface area contributed by atoms with E-state index in [0.29, 0.717) is 18.5 Å². The second kappa shape index (κ2) is 8.27. The van der Waals surface area contributed by atoms with Crippen LogP contribution in [-0.2, 0) is 10.0 Å². The monoisotopic (exact) mass is 360 g/mol. The molecule has 2 aromatic carbocycles. The van der Waals surface area contributed by atoms with Crippen molar-refractivity contribution in [3.8, 4) is 0 Å². The molecule has 1 N–H and O–H groups in total. The number of hydrogen-bond acceptors (Lipinski definition) is 3. The first-order valence-electron chi connectivity index (χ1n) is 8.38. The Bertz CT molecular complexity index is 820. The normalized spacial score (nSPS) is 12.6. The minimum Gasteiger partial charge on any atom is -0.309 e. The number of rotatable bonds is 7. The second-order valence-corrected chi connectivity index (χ2v) is 7.56. The molecule has 0 bridgehead atoms. The Hall–Kier alpha value is -2.18. The molecule has 6 heteroatoms. The molecule has 0 radical (unpaired) electrons. The third kappa shape index (κ3) is 4.67. The summed E-state index contributed by atoms with van der Waals surface area (Å²) in [4.78, 5) is 14.6. The van der Waals surface area contributed by atoms with Crippen LogP contribution in [0.4, 0.5) is 5.69 Å². The van der Waals surface area contributed by atoms with Gasteiger partial charge in [-0.1, -0.05) is 31.2 Å². The van der Waals surface area contributed by atoms with Gasteiger partial charge in [-0.05, 0) is 50.6 Å². The van der Waals surface area contributed by atoms with Crippen LogP contribution in [0.1, 0.15) is 37.6 Å². The van der Waals surface area contributed by atoms with Crippen LogP contribution in [0.3, 0.4) is 0 Å². The van der Waals surface area contributed by atoms with E-state index in [1.165, 1.54) is 12.1 Å². The summed E-state index contributed by atoms with van der Waals surface area (Å²) in [6.07, 6.45) is 0.690. The lowest BCUT2D eigenvalue weighted by Gasteiger charge is -2.21. The Kier molecular flexibility index (Phi) is 6.33. The largest absolute Gasteiger partial charge is 0.309 e. The van der Waals surface area contributed by atoms with E-state index in [2.05, 4.69) is 4.72 Å². The summed E-state index contributed by atoms with van der Waals surface area (Å²) in [7, 11) is -3.65. The number of nitrogens with zero attached hydrogens (tertiary/aromatic N) is 1. The van der Waals surface area contributed by atoms with E-state index in [1.807, 2.05) is 44.2 Å². The summed E-state index contributed by atoms with van der Waals surface area (Å²) in [6.45, 7) is 6.09. The molecule has 0 aliphatic carbocycles. The highest BCUT2D eigenvalue weighted by molar-refractivity contribution is 7.89. The molecule has 0 spiro atoms. The average Bonchev–Trinajstić information content (AvgIpc) is 2.63. The summed E-state index contributed by atoms with van der Waals surface area (Å²) < 4.78 is 27.5. The van der Waals surface area contributed by atoms with Gasteiger partial charge >= 0.3 is 0 Å². The molecule has 25 heavy (non-hydrogen) atoms. The fraction of sp³-hybridized carbons (Fsp3) is 0.316. The Balaban J connectivity index is 2.33. The van der Waals surface area contributed by atoms with E-state index in [0.717, 1.165) is 5.69 Å². The van der Waals surface area contributed by atoms with E-state index in [4.69, 9.17) is 0 Å². The lowest BCUT2D eigenvalue weighted by atomic mass is 10.2. The Morgan fingerprint density at radius 1 is 1.08 bits per heavy atom. The lowest BCUT2D eigenvalue weighted by Crippen LogP contribution is -2.33. The van der Waals surface area contributed by atoms with E-state index in [-0.39, 0.29) is 16.8 Å². The van der Waals surface area contributed by atoms with Crippen molar-refractivity contribution in [3.05, 3.63) is 60.2 Å². The SMILES string of the molecule is CCC(C)NS(=O)(=O)c1cccc(C(=O)N(CC)c2ccccc2)c1. The minimum absolute atomic E-state index is 0.0998. The van der Waals surface area contributed by atoms with Gasteiger partial charge in [-0.25, -0.2) is 13.1 Å². The van der Waals surface area contributed by atoms with Crippen LogP contribution in [0.5, 0.6) is 0 Å². The molecule has 1 amide bonds. The maximum atomic E-state index is 12.8. The van der Waals surface area contributed by atoms with Gasteiger partial charge < -0.3 is 4.90 Å². The van der Waals surface area contributed by atoms with E-state index in [9.17, 15) is 13.2 Å². The summed E-state index contributed by atoms with van der Waals surface area (Å²) in [5, 5.41) is 0. The molecule has 0 saturated heterocycles. The number of hydrogen-bond donors (Lipinski definition) is 1. The highest BCUT2D eigenvalue weighted by atomic mass is 32.2. The number of carbonyl (C=O) groups excluding carboxylic acids is 1. The van der Waals surface area contributed by atoms with Gasteiger partial charge in [-0.3, -0.25) is 4.79 Å². The quantitative estimate of drug-likeness (QED) is 0.822. The molecule has 0 fully saturated rings. The number of carbonyl (C=O) groups is 1. The number of benzene rings is 2. The molecule has 0 heterocycles. The van der Waals surface area contributed by atoms with Crippen LogP contribution in [0.25, 0.3) is 0 Å². The van der Waals surface area contributed by atoms with Crippen LogP contribution in [0.2, 0.25) is 0 Å². The number of sulfonamides is 1. The Labute approximate surface area is 149 Å². The molecule has 2 rings (SSSR count). The van der Waals surface area contributed by atoms with Crippen molar-refractivity contribution < 1.29 is 13.2 Å². The molecule has 1 atom stereocenters. The molecule has 0 aromatic heterocycles. The zero-order valence-corrected chi connectivity index (χ0v) is 15.6. The first kappa shape index (κ1) is 19.1. The van der Waals surface area contributed by atoms with Gasteiger partial charge in [0, 0.05) is 23.8 Å². The van der Waals surface area contributed by atoms with Crippen molar-refractivity contribution in [2.24, 2.45) is 0 Å². The maximum absolute atomic E-state index is 12.8. The first-order valence-corrected chi connectivity index (χ1v) is 9.86. The highest BCUT2D eigenvalue weighted by Crippen LogP contribution is 2.19. The van der Waals surface area contributed by atoms with Crippen LogP contribution < -0.4 is 9.62 Å². The van der Waals surface area contributed by atoms with E-state index < -0.39 is 10.0 Å². The number of amides is 1. The minimum atomic E-state index is -3.65. The molecule has 2 aromatic rings. The molecule has 0 saturated carbocycles. The zero-order chi connectivity index (χ0) is 18.4. The number of nitrogens with one attached hydrogen (secondary N) is 1. The topological polar surface area (TPSA) is 66.5 Å². The molecular weight excluding hydrogens is 336 g/mol. The standard InChI is InChI=1S/C19H24N2O3S/c1-4-15(3)20-25(23,24)18-13-9-10-16(14-18)19(22)21(5-2)17-11-7-6-8-12-17/h6-15,20H,4-5H2,1-3H3. The van der Waals surface area contributed by atoms with Crippen molar-refractivity contribution in [1.82, 2.24) is 4.72 Å². The average molecular weight is 360 g/mol. The smallest absolute Gasteiger partial charge is 0.258 e. The van der Waals surface area contributed by atoms with Crippen molar-refractivity contribution >= 4 is 21.6 Å². The number of anilines is 1. The summed E-state index contributed by atoms with van der Waals surface area (Å²) in [5.41, 5.74) is 1.12. The summed E-state index contributed by atoms with van der Waals surface area (Å²) in [6, 6.07) is 15.3. The molecule has 0 aliphatic heterocycles. The molecule has 1 unspecified atom stereocenters. The Morgan fingerprint density at radius 3 is 2.36 bits per heavy atom. The summed E-state index contributed by atoms with van der Waals surface area (Å²) >= 11 is 0. The van der Waals surface area contributed by atoms with Crippen LogP contribution in [0.15, 0.2) is 59.5 Å². The van der Waals surface area contributed by atoms with Gasteiger partial charge in [-0.15, -0.1) is 0 Å². The van der Waals surface area contributed by atoms with Gasteiger partial charge in [0.1, 0.15) is 0 Å². The number of para-hydroxylation sites is 1.